The number of rotatable bonds is 5. The van der Waals surface area contributed by atoms with Gasteiger partial charge in [-0.25, -0.2) is 0 Å². The molecule has 0 aliphatic heterocycles. The van der Waals surface area contributed by atoms with Gasteiger partial charge in [-0.3, -0.25) is 0 Å². The average Bonchev–Trinajstić information content (AvgIpc) is 2.22. The van der Waals surface area contributed by atoms with E-state index in [2.05, 4.69) is 12.2 Å². The van der Waals surface area contributed by atoms with Crippen LogP contribution in [0.1, 0.15) is 38.2 Å². The fourth-order valence-electron chi connectivity index (χ4n) is 2.47. The van der Waals surface area contributed by atoms with Crippen LogP contribution < -0.4 is 5.32 Å². The molecule has 1 aromatic carbocycles. The molecule has 0 radical (unpaired) electrons. The second-order valence-electron chi connectivity index (χ2n) is 4.98. The van der Waals surface area contributed by atoms with E-state index in [0.717, 1.165) is 18.7 Å². The zero-order valence-corrected chi connectivity index (χ0v) is 10.00. The highest BCUT2D eigenvalue weighted by Crippen LogP contribution is 2.43. The van der Waals surface area contributed by atoms with Crippen LogP contribution in [0.2, 0.25) is 0 Å². The minimum Gasteiger partial charge on any atom is -0.508 e. The van der Waals surface area contributed by atoms with Crippen molar-refractivity contribution < 1.29 is 5.11 Å². The lowest BCUT2D eigenvalue weighted by Gasteiger charge is -2.41. The van der Waals surface area contributed by atoms with Crippen LogP contribution in [0.25, 0.3) is 0 Å². The molecule has 0 bridgehead atoms. The van der Waals surface area contributed by atoms with E-state index >= 15 is 0 Å². The van der Waals surface area contributed by atoms with Crippen LogP contribution in [-0.4, -0.2) is 11.7 Å². The molecule has 0 saturated heterocycles. The van der Waals surface area contributed by atoms with E-state index in [1.807, 2.05) is 18.2 Å². The molecule has 1 saturated carbocycles. The number of hydrogen-bond donors (Lipinski definition) is 2. The van der Waals surface area contributed by atoms with Crippen LogP contribution in [0.3, 0.4) is 0 Å². The van der Waals surface area contributed by atoms with E-state index in [4.69, 9.17) is 0 Å². The molecule has 16 heavy (non-hydrogen) atoms. The maximum Gasteiger partial charge on any atom is 0.115 e. The first-order chi connectivity index (χ1) is 7.74. The van der Waals surface area contributed by atoms with Gasteiger partial charge in [0.2, 0.25) is 0 Å². The van der Waals surface area contributed by atoms with Gasteiger partial charge in [0.15, 0.2) is 0 Å². The fraction of sp³-hybridized carbons (Fsp3) is 0.571. The van der Waals surface area contributed by atoms with Gasteiger partial charge < -0.3 is 10.4 Å². The second-order valence-corrected chi connectivity index (χ2v) is 4.98. The zero-order valence-electron chi connectivity index (χ0n) is 10.00. The molecule has 2 N–H and O–H groups in total. The molecule has 0 atom stereocenters. The summed E-state index contributed by atoms with van der Waals surface area (Å²) < 4.78 is 0. The largest absolute Gasteiger partial charge is 0.508 e. The Bertz CT molecular complexity index is 339. The summed E-state index contributed by atoms with van der Waals surface area (Å²) in [6, 6.07) is 7.48. The summed E-state index contributed by atoms with van der Waals surface area (Å²) in [5, 5.41) is 12.9. The highest BCUT2D eigenvalue weighted by Gasteiger charge is 2.34. The monoisotopic (exact) mass is 219 g/mol. The third kappa shape index (κ3) is 2.56. The van der Waals surface area contributed by atoms with E-state index in [-0.39, 0.29) is 0 Å². The van der Waals surface area contributed by atoms with E-state index in [9.17, 15) is 5.11 Å². The first-order valence-electron chi connectivity index (χ1n) is 6.23. The lowest BCUT2D eigenvalue weighted by molar-refractivity contribution is 0.124. The lowest BCUT2D eigenvalue weighted by Crippen LogP contribution is -2.39. The normalized spacial score (nSPS) is 18.1. The third-order valence-corrected chi connectivity index (χ3v) is 3.90. The Morgan fingerprint density at radius 3 is 2.75 bits per heavy atom. The van der Waals surface area contributed by atoms with Crippen LogP contribution in [0.5, 0.6) is 5.75 Å². The molecule has 0 spiro atoms. The van der Waals surface area contributed by atoms with Crippen molar-refractivity contribution in [2.45, 2.75) is 39.2 Å². The Hall–Kier alpha value is -1.02. The SMILES string of the molecule is CCC1(CNCc2cccc(O)c2)CCC1. The Kier molecular flexibility index (Phi) is 3.49. The Morgan fingerprint density at radius 1 is 1.38 bits per heavy atom. The van der Waals surface area contributed by atoms with Gasteiger partial charge in [0.25, 0.3) is 0 Å². The van der Waals surface area contributed by atoms with Crippen molar-refractivity contribution in [2.24, 2.45) is 5.41 Å². The van der Waals surface area contributed by atoms with Gasteiger partial charge in [-0.1, -0.05) is 25.5 Å². The first kappa shape index (κ1) is 11.5. The topological polar surface area (TPSA) is 32.3 Å². The highest BCUT2D eigenvalue weighted by molar-refractivity contribution is 5.26. The third-order valence-electron chi connectivity index (χ3n) is 3.90. The average molecular weight is 219 g/mol. The minimum atomic E-state index is 0.355. The first-order valence-corrected chi connectivity index (χ1v) is 6.23. The van der Waals surface area contributed by atoms with Gasteiger partial charge in [0.05, 0.1) is 0 Å². The van der Waals surface area contributed by atoms with Crippen LogP contribution in [-0.2, 0) is 6.54 Å². The molecule has 2 rings (SSSR count). The molecule has 88 valence electrons. The predicted octanol–water partition coefficient (Wildman–Crippen LogP) is 3.06. The molecule has 1 fully saturated rings. The number of phenols is 1. The van der Waals surface area contributed by atoms with Crippen molar-refractivity contribution >= 4 is 0 Å². The molecule has 0 unspecified atom stereocenters. The van der Waals surface area contributed by atoms with Crippen LogP contribution in [0, 0.1) is 5.41 Å². The summed E-state index contributed by atoms with van der Waals surface area (Å²) in [6.45, 7) is 4.25. The molecule has 0 amide bonds. The highest BCUT2D eigenvalue weighted by atomic mass is 16.3. The summed E-state index contributed by atoms with van der Waals surface area (Å²) >= 11 is 0. The smallest absolute Gasteiger partial charge is 0.115 e. The number of phenolic OH excluding ortho intramolecular Hbond substituents is 1. The number of nitrogens with one attached hydrogen (secondary N) is 1. The Morgan fingerprint density at radius 2 is 2.19 bits per heavy atom. The predicted molar refractivity (Wildman–Crippen MR) is 66.4 cm³/mol. The fourth-order valence-corrected chi connectivity index (χ4v) is 2.47. The van der Waals surface area contributed by atoms with Crippen molar-refractivity contribution in [1.82, 2.24) is 5.32 Å². The van der Waals surface area contributed by atoms with Gasteiger partial charge in [-0.2, -0.15) is 0 Å². The van der Waals surface area contributed by atoms with Gasteiger partial charge in [-0.05, 0) is 42.4 Å². The quantitative estimate of drug-likeness (QED) is 0.797. The molecular weight excluding hydrogens is 198 g/mol. The van der Waals surface area contributed by atoms with E-state index in [1.165, 1.54) is 25.7 Å². The summed E-state index contributed by atoms with van der Waals surface area (Å²) in [4.78, 5) is 0. The number of hydrogen-bond acceptors (Lipinski definition) is 2. The van der Waals surface area contributed by atoms with Crippen molar-refractivity contribution in [3.8, 4) is 5.75 Å². The van der Waals surface area contributed by atoms with Gasteiger partial charge >= 0.3 is 0 Å². The lowest BCUT2D eigenvalue weighted by atomic mass is 9.67. The summed E-state index contributed by atoms with van der Waals surface area (Å²) in [7, 11) is 0. The second kappa shape index (κ2) is 4.88. The molecule has 0 aromatic heterocycles. The van der Waals surface area contributed by atoms with Crippen molar-refractivity contribution in [2.75, 3.05) is 6.54 Å². The van der Waals surface area contributed by atoms with Crippen LogP contribution in [0.4, 0.5) is 0 Å². The molecule has 1 aliphatic rings. The van der Waals surface area contributed by atoms with E-state index < -0.39 is 0 Å². The summed E-state index contributed by atoms with van der Waals surface area (Å²) in [6.07, 6.45) is 5.41. The molecule has 1 aromatic rings. The molecular formula is C14H21NO. The van der Waals surface area contributed by atoms with Crippen LogP contribution >= 0.6 is 0 Å². The molecule has 0 heterocycles. The molecule has 2 nitrogen and oxygen atoms in total. The van der Waals surface area contributed by atoms with Crippen LogP contribution in [0.15, 0.2) is 24.3 Å². The van der Waals surface area contributed by atoms with Gasteiger partial charge in [0, 0.05) is 13.1 Å². The minimum absolute atomic E-state index is 0.355. The maximum absolute atomic E-state index is 9.35. The number of aromatic hydroxyl groups is 1. The molecule has 2 heteroatoms. The van der Waals surface area contributed by atoms with Crippen molar-refractivity contribution in [3.63, 3.8) is 0 Å². The van der Waals surface area contributed by atoms with E-state index in [1.54, 1.807) is 6.07 Å². The standard InChI is InChI=1S/C14H21NO/c1-2-14(7-4-8-14)11-15-10-12-5-3-6-13(16)9-12/h3,5-6,9,15-16H,2,4,7-8,10-11H2,1H3. The van der Waals surface area contributed by atoms with Crippen molar-refractivity contribution in [3.05, 3.63) is 29.8 Å². The van der Waals surface area contributed by atoms with Gasteiger partial charge in [0.1, 0.15) is 5.75 Å². The van der Waals surface area contributed by atoms with Gasteiger partial charge in [-0.15, -0.1) is 0 Å². The maximum atomic E-state index is 9.35. The number of benzene rings is 1. The zero-order chi connectivity index (χ0) is 11.4. The van der Waals surface area contributed by atoms with Crippen molar-refractivity contribution in [1.29, 1.82) is 0 Å². The summed E-state index contributed by atoms with van der Waals surface area (Å²) in [5.74, 6) is 0.355. The Labute approximate surface area is 97.7 Å². The van der Waals surface area contributed by atoms with E-state index in [0.29, 0.717) is 11.2 Å². The summed E-state index contributed by atoms with van der Waals surface area (Å²) in [5.41, 5.74) is 1.72. The molecule has 1 aliphatic carbocycles. The Balaban J connectivity index is 1.79.